The molecule has 1 heterocycles. The van der Waals surface area contributed by atoms with Crippen molar-refractivity contribution < 1.29 is 19.0 Å². The molecule has 1 aliphatic carbocycles. The van der Waals surface area contributed by atoms with Crippen LogP contribution in [-0.2, 0) is 19.0 Å². The number of morpholine rings is 1. The molecular formula is C15H27NO4. The average Bonchev–Trinajstić information content (AvgIpc) is 2.49. The summed E-state index contributed by atoms with van der Waals surface area (Å²) in [6.07, 6.45) is 4.89. The van der Waals surface area contributed by atoms with Gasteiger partial charge in [0.15, 0.2) is 0 Å². The van der Waals surface area contributed by atoms with Gasteiger partial charge in [-0.1, -0.05) is 12.8 Å². The van der Waals surface area contributed by atoms with E-state index in [1.54, 1.807) is 7.11 Å². The monoisotopic (exact) mass is 285 g/mol. The van der Waals surface area contributed by atoms with Gasteiger partial charge in [0.05, 0.1) is 37.9 Å². The zero-order chi connectivity index (χ0) is 14.4. The summed E-state index contributed by atoms with van der Waals surface area (Å²) in [4.78, 5) is 14.5. The number of rotatable bonds is 5. The van der Waals surface area contributed by atoms with Crippen LogP contribution in [-0.4, -0.2) is 62.5 Å². The zero-order valence-electron chi connectivity index (χ0n) is 12.7. The van der Waals surface area contributed by atoms with Gasteiger partial charge >= 0.3 is 5.97 Å². The lowest BCUT2D eigenvalue weighted by Crippen LogP contribution is -2.62. The Balaban J connectivity index is 2.18. The summed E-state index contributed by atoms with van der Waals surface area (Å²) in [5.74, 6) is -0.108. The highest BCUT2D eigenvalue weighted by Crippen LogP contribution is 2.39. The minimum absolute atomic E-state index is 0.108. The van der Waals surface area contributed by atoms with Crippen molar-refractivity contribution in [2.24, 2.45) is 0 Å². The van der Waals surface area contributed by atoms with Crippen molar-refractivity contribution in [3.8, 4) is 0 Å². The number of hydrogen-bond donors (Lipinski definition) is 0. The van der Waals surface area contributed by atoms with Crippen molar-refractivity contribution in [1.82, 2.24) is 4.90 Å². The van der Waals surface area contributed by atoms with Crippen LogP contribution in [0.1, 0.15) is 39.0 Å². The summed E-state index contributed by atoms with van der Waals surface area (Å²) in [7, 11) is 1.76. The topological polar surface area (TPSA) is 48.0 Å². The van der Waals surface area contributed by atoms with E-state index < -0.39 is 0 Å². The summed E-state index contributed by atoms with van der Waals surface area (Å²) in [5.41, 5.74) is -0.205. The highest BCUT2D eigenvalue weighted by molar-refractivity contribution is 5.71. The smallest absolute Gasteiger partial charge is 0.307 e. The lowest BCUT2D eigenvalue weighted by Gasteiger charge is -2.51. The minimum atomic E-state index is -0.205. The van der Waals surface area contributed by atoms with Gasteiger partial charge in [-0.15, -0.1) is 0 Å². The first kappa shape index (κ1) is 15.7. The Morgan fingerprint density at radius 2 is 2.10 bits per heavy atom. The molecule has 1 saturated heterocycles. The molecule has 5 heteroatoms. The number of carbonyl (C=O) groups is 1. The van der Waals surface area contributed by atoms with Gasteiger partial charge < -0.3 is 14.2 Å². The fraction of sp³-hybridized carbons (Fsp3) is 0.933. The molecule has 2 atom stereocenters. The van der Waals surface area contributed by atoms with Crippen LogP contribution in [0.25, 0.3) is 0 Å². The van der Waals surface area contributed by atoms with Crippen LogP contribution in [0.15, 0.2) is 0 Å². The molecule has 0 spiro atoms. The molecule has 1 aliphatic heterocycles. The number of carbonyl (C=O) groups excluding carboxylic acids is 1. The van der Waals surface area contributed by atoms with E-state index in [1.165, 1.54) is 6.42 Å². The Morgan fingerprint density at radius 3 is 2.75 bits per heavy atom. The van der Waals surface area contributed by atoms with Crippen LogP contribution in [0.5, 0.6) is 0 Å². The summed E-state index contributed by atoms with van der Waals surface area (Å²) in [5, 5.41) is 0. The fourth-order valence-corrected chi connectivity index (χ4v) is 3.67. The van der Waals surface area contributed by atoms with Gasteiger partial charge in [-0.3, -0.25) is 9.69 Å². The largest absolute Gasteiger partial charge is 0.466 e. The van der Waals surface area contributed by atoms with E-state index in [9.17, 15) is 4.79 Å². The van der Waals surface area contributed by atoms with Crippen molar-refractivity contribution in [1.29, 1.82) is 0 Å². The Kier molecular flexibility index (Phi) is 5.81. The SMILES string of the molecule is CCOC(=O)CC1(N2CCOCC2)CCCCC1OC. The predicted octanol–water partition coefficient (Wildman–Crippen LogP) is 1.60. The first-order valence-electron chi connectivity index (χ1n) is 7.74. The van der Waals surface area contributed by atoms with Gasteiger partial charge in [-0.05, 0) is 19.8 Å². The molecule has 0 aromatic rings. The molecule has 5 nitrogen and oxygen atoms in total. The fourth-order valence-electron chi connectivity index (χ4n) is 3.67. The molecule has 20 heavy (non-hydrogen) atoms. The van der Waals surface area contributed by atoms with Gasteiger partial charge in [0.25, 0.3) is 0 Å². The second kappa shape index (κ2) is 7.38. The first-order valence-corrected chi connectivity index (χ1v) is 7.74. The van der Waals surface area contributed by atoms with Crippen molar-refractivity contribution in [3.63, 3.8) is 0 Å². The molecule has 2 unspecified atom stereocenters. The van der Waals surface area contributed by atoms with Crippen LogP contribution in [0.3, 0.4) is 0 Å². The number of esters is 1. The lowest BCUT2D eigenvalue weighted by atomic mass is 9.75. The molecule has 0 bridgehead atoms. The lowest BCUT2D eigenvalue weighted by molar-refractivity contribution is -0.157. The maximum absolute atomic E-state index is 12.1. The van der Waals surface area contributed by atoms with Crippen LogP contribution in [0.2, 0.25) is 0 Å². The van der Waals surface area contributed by atoms with E-state index in [1.807, 2.05) is 6.92 Å². The van der Waals surface area contributed by atoms with Crippen molar-refractivity contribution >= 4 is 5.97 Å². The van der Waals surface area contributed by atoms with E-state index in [-0.39, 0.29) is 17.6 Å². The number of methoxy groups -OCH3 is 1. The molecule has 0 N–H and O–H groups in total. The third-order valence-corrected chi connectivity index (χ3v) is 4.61. The molecule has 116 valence electrons. The number of ether oxygens (including phenoxy) is 3. The normalized spacial score (nSPS) is 32.0. The summed E-state index contributed by atoms with van der Waals surface area (Å²) >= 11 is 0. The molecule has 0 aromatic carbocycles. The van der Waals surface area contributed by atoms with Gasteiger partial charge in [0.1, 0.15) is 0 Å². The summed E-state index contributed by atoms with van der Waals surface area (Å²) < 4.78 is 16.4. The maximum Gasteiger partial charge on any atom is 0.307 e. The molecule has 2 fully saturated rings. The predicted molar refractivity (Wildman–Crippen MR) is 75.6 cm³/mol. The summed E-state index contributed by atoms with van der Waals surface area (Å²) in [6, 6.07) is 0. The third-order valence-electron chi connectivity index (χ3n) is 4.61. The highest BCUT2D eigenvalue weighted by Gasteiger charge is 2.47. The Labute approximate surface area is 121 Å². The molecule has 0 radical (unpaired) electrons. The highest BCUT2D eigenvalue weighted by atomic mass is 16.5. The van der Waals surface area contributed by atoms with Gasteiger partial charge in [-0.25, -0.2) is 0 Å². The van der Waals surface area contributed by atoms with E-state index >= 15 is 0 Å². The first-order chi connectivity index (χ1) is 9.73. The Morgan fingerprint density at radius 1 is 1.35 bits per heavy atom. The van der Waals surface area contributed by atoms with Crippen LogP contribution >= 0.6 is 0 Å². The van der Waals surface area contributed by atoms with Crippen LogP contribution in [0.4, 0.5) is 0 Å². The Bertz CT molecular complexity index is 317. The van der Waals surface area contributed by atoms with Gasteiger partial charge in [-0.2, -0.15) is 0 Å². The maximum atomic E-state index is 12.1. The molecule has 0 amide bonds. The van der Waals surface area contributed by atoms with E-state index in [4.69, 9.17) is 14.2 Å². The molecule has 1 saturated carbocycles. The van der Waals surface area contributed by atoms with Crippen LogP contribution in [0, 0.1) is 0 Å². The second-order valence-electron chi connectivity index (χ2n) is 5.65. The number of hydrogen-bond acceptors (Lipinski definition) is 5. The van der Waals surface area contributed by atoms with E-state index in [0.717, 1.165) is 45.6 Å². The third kappa shape index (κ3) is 3.32. The minimum Gasteiger partial charge on any atom is -0.466 e. The van der Waals surface area contributed by atoms with Crippen LogP contribution < -0.4 is 0 Å². The molecule has 2 rings (SSSR count). The number of nitrogens with zero attached hydrogens (tertiary/aromatic N) is 1. The molecule has 0 aromatic heterocycles. The molecule has 2 aliphatic rings. The standard InChI is InChI=1S/C15H27NO4/c1-3-20-14(17)12-15(16-8-10-19-11-9-16)7-5-4-6-13(15)18-2/h13H,3-12H2,1-2H3. The zero-order valence-corrected chi connectivity index (χ0v) is 12.7. The average molecular weight is 285 g/mol. The van der Waals surface area contributed by atoms with Crippen molar-refractivity contribution in [3.05, 3.63) is 0 Å². The van der Waals surface area contributed by atoms with Gasteiger partial charge in [0, 0.05) is 20.2 Å². The van der Waals surface area contributed by atoms with E-state index in [0.29, 0.717) is 13.0 Å². The van der Waals surface area contributed by atoms with Crippen molar-refractivity contribution in [2.75, 3.05) is 40.0 Å². The van der Waals surface area contributed by atoms with Crippen molar-refractivity contribution in [2.45, 2.75) is 50.7 Å². The van der Waals surface area contributed by atoms with E-state index in [2.05, 4.69) is 4.90 Å². The second-order valence-corrected chi connectivity index (χ2v) is 5.65. The Hall–Kier alpha value is -0.650. The quantitative estimate of drug-likeness (QED) is 0.718. The molecular weight excluding hydrogens is 258 g/mol. The summed E-state index contributed by atoms with van der Waals surface area (Å²) in [6.45, 7) is 5.52. The van der Waals surface area contributed by atoms with Gasteiger partial charge in [0.2, 0.25) is 0 Å².